The summed E-state index contributed by atoms with van der Waals surface area (Å²) in [5.41, 5.74) is 0. The van der Waals surface area contributed by atoms with Crippen molar-refractivity contribution in [1.29, 1.82) is 0 Å². The van der Waals surface area contributed by atoms with Crippen molar-refractivity contribution in [3.63, 3.8) is 0 Å². The average Bonchev–Trinajstić information content (AvgIpc) is 3.08. The van der Waals surface area contributed by atoms with Crippen LogP contribution in [0.3, 0.4) is 0 Å². The fraction of sp³-hybridized carbons (Fsp3) is 0.929. The molecule has 0 aromatic rings. The van der Waals surface area contributed by atoms with Gasteiger partial charge in [0, 0.05) is 12.1 Å². The fourth-order valence-corrected chi connectivity index (χ4v) is 2.79. The zero-order chi connectivity index (χ0) is 13.0. The fourth-order valence-electron chi connectivity index (χ4n) is 2.79. The zero-order valence-corrected chi connectivity index (χ0v) is 11.4. The summed E-state index contributed by atoms with van der Waals surface area (Å²) in [5, 5.41) is 12.6. The molecule has 1 saturated heterocycles. The van der Waals surface area contributed by atoms with Gasteiger partial charge in [-0.1, -0.05) is 12.8 Å². The molecule has 2 rings (SSSR count). The van der Waals surface area contributed by atoms with Crippen molar-refractivity contribution in [2.24, 2.45) is 0 Å². The van der Waals surface area contributed by atoms with Crippen LogP contribution in [0.15, 0.2) is 0 Å². The van der Waals surface area contributed by atoms with E-state index in [2.05, 4.69) is 10.2 Å². The molecule has 4 heteroatoms. The van der Waals surface area contributed by atoms with E-state index in [0.717, 1.165) is 32.2 Å². The van der Waals surface area contributed by atoms with E-state index >= 15 is 0 Å². The molecule has 2 fully saturated rings. The van der Waals surface area contributed by atoms with Gasteiger partial charge < -0.3 is 10.4 Å². The van der Waals surface area contributed by atoms with Crippen LogP contribution in [0.4, 0.5) is 0 Å². The molecule has 2 aliphatic rings. The predicted octanol–water partition coefficient (Wildman–Crippen LogP) is 1.28. The second kappa shape index (κ2) is 6.53. The van der Waals surface area contributed by atoms with Crippen molar-refractivity contribution in [1.82, 2.24) is 10.2 Å². The van der Waals surface area contributed by atoms with E-state index in [1.165, 1.54) is 19.3 Å². The molecule has 2 atom stereocenters. The SMILES string of the molecule is CC(O)CC1CCCCCN1CC(=O)NC1CC1. The molecular weight excluding hydrogens is 228 g/mol. The molecule has 0 aromatic carbocycles. The smallest absolute Gasteiger partial charge is 0.234 e. The van der Waals surface area contributed by atoms with Gasteiger partial charge in [-0.25, -0.2) is 0 Å². The molecule has 0 aromatic heterocycles. The first kappa shape index (κ1) is 13.8. The highest BCUT2D eigenvalue weighted by molar-refractivity contribution is 5.78. The number of amides is 1. The van der Waals surface area contributed by atoms with Crippen LogP contribution in [-0.2, 0) is 4.79 Å². The molecular formula is C14H26N2O2. The van der Waals surface area contributed by atoms with Gasteiger partial charge in [0.1, 0.15) is 0 Å². The van der Waals surface area contributed by atoms with Crippen molar-refractivity contribution in [2.45, 2.75) is 70.1 Å². The van der Waals surface area contributed by atoms with E-state index in [4.69, 9.17) is 0 Å². The Labute approximate surface area is 110 Å². The quantitative estimate of drug-likeness (QED) is 0.777. The lowest BCUT2D eigenvalue weighted by atomic mass is 10.0. The number of carbonyl (C=O) groups is 1. The molecule has 1 aliphatic heterocycles. The van der Waals surface area contributed by atoms with Crippen molar-refractivity contribution in [3.05, 3.63) is 0 Å². The Morgan fingerprint density at radius 3 is 2.78 bits per heavy atom. The van der Waals surface area contributed by atoms with Crippen LogP contribution in [0.5, 0.6) is 0 Å². The first-order valence-electron chi connectivity index (χ1n) is 7.36. The summed E-state index contributed by atoms with van der Waals surface area (Å²) in [7, 11) is 0. The molecule has 4 nitrogen and oxygen atoms in total. The van der Waals surface area contributed by atoms with Crippen LogP contribution in [0, 0.1) is 0 Å². The Hall–Kier alpha value is -0.610. The van der Waals surface area contributed by atoms with Crippen LogP contribution in [0.2, 0.25) is 0 Å². The molecule has 0 bridgehead atoms. The molecule has 18 heavy (non-hydrogen) atoms. The van der Waals surface area contributed by atoms with Gasteiger partial charge in [0.2, 0.25) is 5.91 Å². The van der Waals surface area contributed by atoms with Crippen LogP contribution in [0.1, 0.15) is 51.9 Å². The maximum absolute atomic E-state index is 11.9. The Kier molecular flexibility index (Phi) is 5.01. The van der Waals surface area contributed by atoms with Crippen molar-refractivity contribution in [3.8, 4) is 0 Å². The molecule has 1 saturated carbocycles. The third-order valence-electron chi connectivity index (χ3n) is 3.90. The minimum atomic E-state index is -0.276. The van der Waals surface area contributed by atoms with Crippen molar-refractivity contribution >= 4 is 5.91 Å². The van der Waals surface area contributed by atoms with E-state index in [1.807, 2.05) is 6.92 Å². The highest BCUT2D eigenvalue weighted by atomic mass is 16.3. The largest absolute Gasteiger partial charge is 0.393 e. The lowest BCUT2D eigenvalue weighted by molar-refractivity contribution is -0.123. The normalized spacial score (nSPS) is 27.6. The Balaban J connectivity index is 1.85. The van der Waals surface area contributed by atoms with Gasteiger partial charge in [0.25, 0.3) is 0 Å². The Bertz CT molecular complexity index is 277. The molecule has 2 unspecified atom stereocenters. The maximum Gasteiger partial charge on any atom is 0.234 e. The Morgan fingerprint density at radius 1 is 1.33 bits per heavy atom. The first-order valence-corrected chi connectivity index (χ1v) is 7.36. The standard InChI is InChI=1S/C14H26N2O2/c1-11(17)9-13-5-3-2-4-8-16(13)10-14(18)15-12-6-7-12/h11-13,17H,2-10H2,1H3,(H,15,18). The number of aliphatic hydroxyl groups excluding tert-OH is 1. The second-order valence-electron chi connectivity index (χ2n) is 5.90. The third kappa shape index (κ3) is 4.58. The number of hydrogen-bond donors (Lipinski definition) is 2. The summed E-state index contributed by atoms with van der Waals surface area (Å²) >= 11 is 0. The van der Waals surface area contributed by atoms with Gasteiger partial charge in [0.15, 0.2) is 0 Å². The van der Waals surface area contributed by atoms with Gasteiger partial charge in [-0.2, -0.15) is 0 Å². The van der Waals surface area contributed by atoms with Crippen LogP contribution >= 0.6 is 0 Å². The van der Waals surface area contributed by atoms with Crippen LogP contribution < -0.4 is 5.32 Å². The van der Waals surface area contributed by atoms with Crippen molar-refractivity contribution < 1.29 is 9.90 Å². The number of rotatable bonds is 5. The highest BCUT2D eigenvalue weighted by Crippen LogP contribution is 2.21. The summed E-state index contributed by atoms with van der Waals surface area (Å²) in [6.07, 6.45) is 7.55. The van der Waals surface area contributed by atoms with E-state index in [1.54, 1.807) is 0 Å². The highest BCUT2D eigenvalue weighted by Gasteiger charge is 2.27. The topological polar surface area (TPSA) is 52.6 Å². The Morgan fingerprint density at radius 2 is 2.11 bits per heavy atom. The number of likely N-dealkylation sites (tertiary alicyclic amines) is 1. The van der Waals surface area contributed by atoms with E-state index < -0.39 is 0 Å². The van der Waals surface area contributed by atoms with Crippen molar-refractivity contribution in [2.75, 3.05) is 13.1 Å². The minimum absolute atomic E-state index is 0.162. The second-order valence-corrected chi connectivity index (χ2v) is 5.90. The zero-order valence-electron chi connectivity index (χ0n) is 11.4. The first-order chi connectivity index (χ1) is 8.65. The minimum Gasteiger partial charge on any atom is -0.393 e. The summed E-state index contributed by atoms with van der Waals surface area (Å²) in [5.74, 6) is 0.162. The molecule has 104 valence electrons. The van der Waals surface area contributed by atoms with Gasteiger partial charge >= 0.3 is 0 Å². The van der Waals surface area contributed by atoms with Gasteiger partial charge in [-0.3, -0.25) is 9.69 Å². The number of hydrogen-bond acceptors (Lipinski definition) is 3. The molecule has 0 radical (unpaired) electrons. The van der Waals surface area contributed by atoms with E-state index in [9.17, 15) is 9.90 Å². The molecule has 2 N–H and O–H groups in total. The monoisotopic (exact) mass is 254 g/mol. The lowest BCUT2D eigenvalue weighted by Gasteiger charge is -2.30. The summed E-state index contributed by atoms with van der Waals surface area (Å²) in [6, 6.07) is 0.817. The number of carbonyl (C=O) groups excluding carboxylic acids is 1. The number of nitrogens with one attached hydrogen (secondary N) is 1. The van der Waals surface area contributed by atoms with Gasteiger partial charge in [-0.05, 0) is 45.6 Å². The molecule has 1 aliphatic carbocycles. The summed E-state index contributed by atoms with van der Waals surface area (Å²) in [4.78, 5) is 14.2. The molecule has 0 spiro atoms. The number of aliphatic hydroxyl groups is 1. The van der Waals surface area contributed by atoms with Gasteiger partial charge in [-0.15, -0.1) is 0 Å². The number of nitrogens with zero attached hydrogens (tertiary/aromatic N) is 1. The third-order valence-corrected chi connectivity index (χ3v) is 3.90. The summed E-state index contributed by atoms with van der Waals surface area (Å²) in [6.45, 7) is 3.34. The molecule has 1 amide bonds. The predicted molar refractivity (Wildman–Crippen MR) is 71.3 cm³/mol. The maximum atomic E-state index is 11.9. The van der Waals surface area contributed by atoms with Crippen LogP contribution in [-0.4, -0.2) is 47.2 Å². The van der Waals surface area contributed by atoms with Crippen LogP contribution in [0.25, 0.3) is 0 Å². The average molecular weight is 254 g/mol. The van der Waals surface area contributed by atoms with Gasteiger partial charge in [0.05, 0.1) is 12.6 Å². The summed E-state index contributed by atoms with van der Waals surface area (Å²) < 4.78 is 0. The lowest BCUT2D eigenvalue weighted by Crippen LogP contribution is -2.44. The van der Waals surface area contributed by atoms with E-state index in [0.29, 0.717) is 18.6 Å². The van der Waals surface area contributed by atoms with E-state index in [-0.39, 0.29) is 12.0 Å². The molecule has 1 heterocycles.